The topological polar surface area (TPSA) is 148 Å². The molecular formula is C37H46N8O4. The summed E-state index contributed by atoms with van der Waals surface area (Å²) in [5, 5.41) is 5.83. The van der Waals surface area contributed by atoms with Crippen molar-refractivity contribution in [2.24, 2.45) is 5.92 Å². The SMILES string of the molecule is CCNCC(=O)N1CCC[C@H]1c1ncc(-c2ccc(-c3ccc(-c4cnc([C@@H]5CCCN5C(=O)[C@@H](NC(=O)OC)C(C)C)[nH]4)cc3)cc2)[nH]1. The zero-order valence-corrected chi connectivity index (χ0v) is 28.7. The minimum absolute atomic E-state index is 0.0178. The number of benzene rings is 2. The summed E-state index contributed by atoms with van der Waals surface area (Å²) in [6.07, 6.45) is 6.60. The molecule has 6 rings (SSSR count). The fourth-order valence-corrected chi connectivity index (χ4v) is 6.87. The summed E-state index contributed by atoms with van der Waals surface area (Å²) in [7, 11) is 1.30. The third-order valence-electron chi connectivity index (χ3n) is 9.57. The van der Waals surface area contributed by atoms with Crippen molar-refractivity contribution in [2.75, 3.05) is 33.3 Å². The predicted octanol–water partition coefficient (Wildman–Crippen LogP) is 5.45. The molecule has 4 N–H and O–H groups in total. The molecule has 2 saturated heterocycles. The van der Waals surface area contributed by atoms with Gasteiger partial charge in [-0.3, -0.25) is 9.59 Å². The molecular weight excluding hydrogens is 620 g/mol. The molecule has 49 heavy (non-hydrogen) atoms. The first-order valence-electron chi connectivity index (χ1n) is 17.2. The number of alkyl carbamates (subject to hydrolysis) is 1. The lowest BCUT2D eigenvalue weighted by Gasteiger charge is -2.30. The number of likely N-dealkylation sites (tertiary alicyclic amines) is 2. The zero-order valence-electron chi connectivity index (χ0n) is 28.7. The van der Waals surface area contributed by atoms with Crippen molar-refractivity contribution in [2.45, 2.75) is 64.6 Å². The van der Waals surface area contributed by atoms with E-state index in [1.54, 1.807) is 0 Å². The summed E-state index contributed by atoms with van der Waals surface area (Å²) in [6, 6.07) is 15.8. The molecule has 2 fully saturated rings. The number of carbonyl (C=O) groups is 3. The van der Waals surface area contributed by atoms with Crippen molar-refractivity contribution < 1.29 is 19.1 Å². The lowest BCUT2D eigenvalue weighted by Crippen LogP contribution is -2.51. The van der Waals surface area contributed by atoms with Crippen LogP contribution in [0.5, 0.6) is 0 Å². The Morgan fingerprint density at radius 1 is 0.816 bits per heavy atom. The molecule has 2 aliphatic heterocycles. The fourth-order valence-electron chi connectivity index (χ4n) is 6.87. The number of rotatable bonds is 11. The fraction of sp³-hybridized carbons (Fsp3) is 0.432. The number of hydrogen-bond donors (Lipinski definition) is 4. The first-order valence-corrected chi connectivity index (χ1v) is 17.2. The monoisotopic (exact) mass is 666 g/mol. The van der Waals surface area contributed by atoms with Gasteiger partial charge in [-0.2, -0.15) is 0 Å². The third kappa shape index (κ3) is 7.39. The van der Waals surface area contributed by atoms with Gasteiger partial charge in [0.1, 0.15) is 17.7 Å². The number of aromatic amines is 2. The summed E-state index contributed by atoms with van der Waals surface area (Å²) in [5.41, 5.74) is 6.02. The van der Waals surface area contributed by atoms with Crippen molar-refractivity contribution in [1.29, 1.82) is 0 Å². The summed E-state index contributed by atoms with van der Waals surface area (Å²) in [5.74, 6) is 1.47. The maximum Gasteiger partial charge on any atom is 0.407 e. The number of ether oxygens (including phenoxy) is 1. The van der Waals surface area contributed by atoms with Gasteiger partial charge in [0.25, 0.3) is 0 Å². The number of amides is 3. The van der Waals surface area contributed by atoms with Crippen LogP contribution in [0.4, 0.5) is 4.79 Å². The molecule has 3 atom stereocenters. The molecule has 2 aliphatic rings. The third-order valence-corrected chi connectivity index (χ3v) is 9.57. The maximum absolute atomic E-state index is 13.5. The van der Waals surface area contributed by atoms with Crippen molar-refractivity contribution >= 4 is 17.9 Å². The molecule has 2 aromatic carbocycles. The number of H-pyrrole nitrogens is 2. The highest BCUT2D eigenvalue weighted by Crippen LogP contribution is 2.34. The van der Waals surface area contributed by atoms with Crippen LogP contribution >= 0.6 is 0 Å². The zero-order chi connectivity index (χ0) is 34.5. The number of hydrogen-bond acceptors (Lipinski definition) is 7. The normalized spacial score (nSPS) is 18.2. The Labute approximate surface area is 287 Å². The molecule has 0 spiro atoms. The van der Waals surface area contributed by atoms with Crippen LogP contribution in [0.1, 0.15) is 70.2 Å². The molecule has 0 radical (unpaired) electrons. The van der Waals surface area contributed by atoms with Crippen LogP contribution in [0.2, 0.25) is 0 Å². The lowest BCUT2D eigenvalue weighted by molar-refractivity contribution is -0.135. The smallest absolute Gasteiger partial charge is 0.407 e. The van der Waals surface area contributed by atoms with Crippen LogP contribution in [0, 0.1) is 5.92 Å². The molecule has 4 heterocycles. The number of carbonyl (C=O) groups excluding carboxylic acids is 3. The summed E-state index contributed by atoms with van der Waals surface area (Å²) in [6.45, 7) is 8.30. The van der Waals surface area contributed by atoms with E-state index in [0.717, 1.165) is 84.1 Å². The second kappa shape index (κ2) is 15.1. The average molecular weight is 667 g/mol. The molecule has 12 heteroatoms. The molecule has 0 saturated carbocycles. The van der Waals surface area contributed by atoms with E-state index in [1.165, 1.54) is 7.11 Å². The lowest BCUT2D eigenvalue weighted by atomic mass is 10.0. The van der Waals surface area contributed by atoms with Gasteiger partial charge in [-0.25, -0.2) is 14.8 Å². The number of likely N-dealkylation sites (N-methyl/N-ethyl adjacent to an activating group) is 1. The highest BCUT2D eigenvalue weighted by molar-refractivity contribution is 5.86. The van der Waals surface area contributed by atoms with Crippen LogP contribution in [-0.4, -0.2) is 87.0 Å². The van der Waals surface area contributed by atoms with Gasteiger partial charge in [0, 0.05) is 13.1 Å². The first-order chi connectivity index (χ1) is 23.8. The summed E-state index contributed by atoms with van der Waals surface area (Å²) in [4.78, 5) is 58.1. The Bertz CT molecular complexity index is 1750. The van der Waals surface area contributed by atoms with Crippen LogP contribution in [0.25, 0.3) is 33.6 Å². The van der Waals surface area contributed by atoms with Crippen molar-refractivity contribution in [1.82, 2.24) is 40.4 Å². The van der Waals surface area contributed by atoms with E-state index >= 15 is 0 Å². The number of methoxy groups -OCH3 is 1. The molecule has 258 valence electrons. The van der Waals surface area contributed by atoms with Crippen LogP contribution in [-0.2, 0) is 14.3 Å². The Kier molecular flexibility index (Phi) is 10.4. The standard InChI is InChI=1S/C37H46N8O4/c1-5-38-22-32(46)44-18-6-8-30(44)34-39-20-28(41-34)26-14-10-24(11-15-26)25-12-16-27(17-13-25)29-21-40-35(42-29)31-9-7-19-45(31)36(47)33(23(2)3)43-37(48)49-4/h10-17,20-21,23,30-31,33,38H,5-9,18-19,22H2,1-4H3,(H,39,41)(H,40,42)(H,43,48)/t30-,31-,33-/m0/s1. The van der Waals surface area contributed by atoms with Crippen LogP contribution in [0.3, 0.4) is 0 Å². The summed E-state index contributed by atoms with van der Waals surface area (Å²) >= 11 is 0. The minimum Gasteiger partial charge on any atom is -0.453 e. The van der Waals surface area contributed by atoms with E-state index < -0.39 is 12.1 Å². The van der Waals surface area contributed by atoms with E-state index in [0.29, 0.717) is 13.1 Å². The summed E-state index contributed by atoms with van der Waals surface area (Å²) < 4.78 is 4.75. The van der Waals surface area contributed by atoms with Gasteiger partial charge in [0.15, 0.2) is 0 Å². The van der Waals surface area contributed by atoms with Gasteiger partial charge in [0.2, 0.25) is 11.8 Å². The number of aromatic nitrogens is 4. The Morgan fingerprint density at radius 2 is 1.31 bits per heavy atom. The van der Waals surface area contributed by atoms with Crippen LogP contribution in [0.15, 0.2) is 60.9 Å². The largest absolute Gasteiger partial charge is 0.453 e. The Hall–Kier alpha value is -4.97. The van der Waals surface area contributed by atoms with E-state index in [2.05, 4.69) is 79.1 Å². The highest BCUT2D eigenvalue weighted by Gasteiger charge is 2.37. The van der Waals surface area contributed by atoms with Gasteiger partial charge < -0.3 is 35.1 Å². The number of nitrogens with zero attached hydrogens (tertiary/aromatic N) is 4. The van der Waals surface area contributed by atoms with Crippen LogP contribution < -0.4 is 10.6 Å². The van der Waals surface area contributed by atoms with Gasteiger partial charge >= 0.3 is 6.09 Å². The quantitative estimate of drug-likeness (QED) is 0.166. The Balaban J connectivity index is 1.11. The van der Waals surface area contributed by atoms with E-state index in [-0.39, 0.29) is 29.8 Å². The number of nitrogens with one attached hydrogen (secondary N) is 4. The van der Waals surface area contributed by atoms with Crippen molar-refractivity contribution in [3.05, 3.63) is 72.6 Å². The van der Waals surface area contributed by atoms with E-state index in [1.807, 2.05) is 43.0 Å². The molecule has 12 nitrogen and oxygen atoms in total. The average Bonchev–Trinajstić information content (AvgIpc) is 3.95. The predicted molar refractivity (Wildman–Crippen MR) is 187 cm³/mol. The van der Waals surface area contributed by atoms with E-state index in [4.69, 9.17) is 4.74 Å². The van der Waals surface area contributed by atoms with E-state index in [9.17, 15) is 14.4 Å². The second-order valence-corrected chi connectivity index (χ2v) is 13.1. The molecule has 2 aromatic heterocycles. The first kappa shape index (κ1) is 33.9. The van der Waals surface area contributed by atoms with Gasteiger partial charge in [-0.15, -0.1) is 0 Å². The van der Waals surface area contributed by atoms with Crippen molar-refractivity contribution in [3.8, 4) is 33.6 Å². The molecule has 4 aromatic rings. The van der Waals surface area contributed by atoms with Gasteiger partial charge in [-0.05, 0) is 60.4 Å². The van der Waals surface area contributed by atoms with Crippen molar-refractivity contribution in [3.63, 3.8) is 0 Å². The van der Waals surface area contributed by atoms with Gasteiger partial charge in [0.05, 0.1) is 49.5 Å². The molecule has 3 amide bonds. The molecule has 0 aliphatic carbocycles. The van der Waals surface area contributed by atoms with Gasteiger partial charge in [-0.1, -0.05) is 69.3 Å². The molecule has 0 unspecified atom stereocenters. The number of imidazole rings is 2. The second-order valence-electron chi connectivity index (χ2n) is 13.1. The minimum atomic E-state index is -0.672. The highest BCUT2D eigenvalue weighted by atomic mass is 16.5. The Morgan fingerprint density at radius 3 is 1.80 bits per heavy atom. The molecule has 0 bridgehead atoms. The maximum atomic E-state index is 13.5.